The van der Waals surface area contributed by atoms with Crippen LogP contribution in [0.5, 0.6) is 0 Å². The van der Waals surface area contributed by atoms with Crippen molar-refractivity contribution in [1.29, 1.82) is 0 Å². The SMILES string of the molecule is CN(C)CCCN1C[Se](=O)c2ccccc21. The van der Waals surface area contributed by atoms with Gasteiger partial charge in [-0.1, -0.05) is 0 Å². The molecule has 0 bridgehead atoms. The zero-order valence-corrected chi connectivity index (χ0v) is 11.6. The number of nitrogens with zero attached hydrogens (tertiary/aromatic N) is 2. The first-order valence-corrected chi connectivity index (χ1v) is 8.32. The van der Waals surface area contributed by atoms with E-state index in [-0.39, 0.29) is 0 Å². The minimum absolute atomic E-state index is 0.757. The van der Waals surface area contributed by atoms with Gasteiger partial charge in [-0.2, -0.15) is 0 Å². The van der Waals surface area contributed by atoms with Crippen LogP contribution >= 0.6 is 0 Å². The van der Waals surface area contributed by atoms with Crippen molar-refractivity contribution in [3.8, 4) is 0 Å². The van der Waals surface area contributed by atoms with Crippen molar-refractivity contribution in [3.63, 3.8) is 0 Å². The first-order valence-electron chi connectivity index (χ1n) is 5.55. The van der Waals surface area contributed by atoms with Crippen LogP contribution in [0.1, 0.15) is 6.42 Å². The van der Waals surface area contributed by atoms with Gasteiger partial charge in [0.25, 0.3) is 0 Å². The van der Waals surface area contributed by atoms with Gasteiger partial charge >= 0.3 is 101 Å². The third-order valence-electron chi connectivity index (χ3n) is 2.76. The number of anilines is 1. The molecule has 1 aromatic rings. The molecule has 0 spiro atoms. The molecule has 0 radical (unpaired) electrons. The Morgan fingerprint density at radius 3 is 2.88 bits per heavy atom. The Balaban J connectivity index is 2.01. The van der Waals surface area contributed by atoms with Gasteiger partial charge in [-0.3, -0.25) is 0 Å². The summed E-state index contributed by atoms with van der Waals surface area (Å²) in [5, 5.41) is 0. The molecule has 2 rings (SSSR count). The molecule has 1 aromatic carbocycles. The summed E-state index contributed by atoms with van der Waals surface area (Å²) in [7, 11) is 4.17. The van der Waals surface area contributed by atoms with Gasteiger partial charge < -0.3 is 0 Å². The average Bonchev–Trinajstić information content (AvgIpc) is 2.57. The van der Waals surface area contributed by atoms with Crippen molar-refractivity contribution in [2.45, 2.75) is 6.42 Å². The molecule has 0 aliphatic carbocycles. The molecule has 1 aliphatic rings. The van der Waals surface area contributed by atoms with Gasteiger partial charge in [0.2, 0.25) is 0 Å². The summed E-state index contributed by atoms with van der Waals surface area (Å²) in [6, 6.07) is 8.11. The number of benzene rings is 1. The molecule has 16 heavy (non-hydrogen) atoms. The van der Waals surface area contributed by atoms with Crippen molar-refractivity contribution < 1.29 is 3.83 Å². The number of hydrogen-bond acceptors (Lipinski definition) is 3. The van der Waals surface area contributed by atoms with Crippen molar-refractivity contribution >= 4 is 24.0 Å². The summed E-state index contributed by atoms with van der Waals surface area (Å²) < 4.78 is 13.0. The van der Waals surface area contributed by atoms with Gasteiger partial charge in [0, 0.05) is 0 Å². The summed E-state index contributed by atoms with van der Waals surface area (Å²) >= 11 is -1.77. The fraction of sp³-hybridized carbons (Fsp3) is 0.500. The first kappa shape index (κ1) is 11.8. The predicted octanol–water partition coefficient (Wildman–Crippen LogP) is 0.627. The van der Waals surface area contributed by atoms with E-state index in [9.17, 15) is 3.83 Å². The van der Waals surface area contributed by atoms with Crippen LogP contribution in [0.3, 0.4) is 0 Å². The summed E-state index contributed by atoms with van der Waals surface area (Å²) in [6.45, 7) is 2.10. The molecule has 0 fully saturated rings. The predicted molar refractivity (Wildman–Crippen MR) is 67.9 cm³/mol. The van der Waals surface area contributed by atoms with E-state index in [1.165, 1.54) is 5.69 Å². The van der Waals surface area contributed by atoms with E-state index in [2.05, 4.69) is 30.0 Å². The maximum atomic E-state index is 11.9. The van der Waals surface area contributed by atoms with E-state index in [4.69, 9.17) is 0 Å². The van der Waals surface area contributed by atoms with Crippen molar-refractivity contribution in [2.75, 3.05) is 37.5 Å². The topological polar surface area (TPSA) is 23.6 Å². The Bertz CT molecular complexity index is 392. The monoisotopic (exact) mass is 286 g/mol. The molecule has 0 N–H and O–H groups in total. The van der Waals surface area contributed by atoms with Gasteiger partial charge in [-0.25, -0.2) is 0 Å². The quantitative estimate of drug-likeness (QED) is 0.758. The van der Waals surface area contributed by atoms with Crippen LogP contribution in [0.15, 0.2) is 24.3 Å². The van der Waals surface area contributed by atoms with Gasteiger partial charge in [-0.05, 0) is 0 Å². The Hall–Kier alpha value is -0.701. The fourth-order valence-corrected chi connectivity index (χ4v) is 4.79. The van der Waals surface area contributed by atoms with Crippen molar-refractivity contribution in [1.82, 2.24) is 4.90 Å². The second-order valence-corrected chi connectivity index (χ2v) is 7.28. The summed E-state index contributed by atoms with van der Waals surface area (Å²) in [6.07, 6.45) is 1.13. The normalized spacial score (nSPS) is 19.2. The molecule has 4 heteroatoms. The summed E-state index contributed by atoms with van der Waals surface area (Å²) in [5.41, 5.74) is 1.95. The molecular weight excluding hydrogens is 267 g/mol. The van der Waals surface area contributed by atoms with Gasteiger partial charge in [0.05, 0.1) is 0 Å². The van der Waals surface area contributed by atoms with E-state index in [0.717, 1.165) is 29.4 Å². The second-order valence-electron chi connectivity index (χ2n) is 4.36. The molecule has 0 amide bonds. The molecule has 0 saturated heterocycles. The number of para-hydroxylation sites is 1. The average molecular weight is 285 g/mol. The van der Waals surface area contributed by atoms with Crippen LogP contribution in [0, 0.1) is 0 Å². The molecule has 0 aromatic heterocycles. The number of rotatable bonds is 4. The van der Waals surface area contributed by atoms with Crippen LogP contribution in [-0.2, 0) is 3.83 Å². The molecule has 1 aliphatic heterocycles. The van der Waals surface area contributed by atoms with Crippen LogP contribution in [-0.4, -0.2) is 51.4 Å². The standard InChI is InChI=1S/C12H18N2OSe/c1-13(2)8-5-9-14-10-16(15)12-7-4-3-6-11(12)14/h3-4,6-7H,5,8-10H2,1-2H3. The molecule has 88 valence electrons. The van der Waals surface area contributed by atoms with Crippen LogP contribution < -0.4 is 9.36 Å². The van der Waals surface area contributed by atoms with Crippen molar-refractivity contribution in [2.24, 2.45) is 0 Å². The number of fused-ring (bicyclic) bond motifs is 1. The third-order valence-corrected chi connectivity index (χ3v) is 5.66. The molecule has 1 unspecified atom stereocenters. The minimum atomic E-state index is -1.77. The van der Waals surface area contributed by atoms with Crippen LogP contribution in [0.25, 0.3) is 0 Å². The zero-order valence-electron chi connectivity index (χ0n) is 9.85. The van der Waals surface area contributed by atoms with Gasteiger partial charge in [0.15, 0.2) is 0 Å². The van der Waals surface area contributed by atoms with Gasteiger partial charge in [0.1, 0.15) is 0 Å². The second kappa shape index (κ2) is 5.09. The summed E-state index contributed by atoms with van der Waals surface area (Å²) in [5.74, 6) is 0. The molecule has 0 saturated carbocycles. The summed E-state index contributed by atoms with van der Waals surface area (Å²) in [4.78, 5) is 4.46. The van der Waals surface area contributed by atoms with Crippen LogP contribution in [0.4, 0.5) is 5.69 Å². The van der Waals surface area contributed by atoms with Crippen LogP contribution in [0.2, 0.25) is 0 Å². The fourth-order valence-electron chi connectivity index (χ4n) is 1.95. The first-order chi connectivity index (χ1) is 7.68. The van der Waals surface area contributed by atoms with E-state index in [0.29, 0.717) is 0 Å². The molecule has 1 heterocycles. The zero-order chi connectivity index (χ0) is 11.5. The maximum absolute atomic E-state index is 11.9. The Morgan fingerprint density at radius 1 is 1.38 bits per heavy atom. The van der Waals surface area contributed by atoms with Crippen molar-refractivity contribution in [3.05, 3.63) is 24.3 Å². The Kier molecular flexibility index (Phi) is 3.74. The number of hydrogen-bond donors (Lipinski definition) is 0. The van der Waals surface area contributed by atoms with Gasteiger partial charge in [-0.15, -0.1) is 0 Å². The molecule has 3 nitrogen and oxygen atoms in total. The van der Waals surface area contributed by atoms with E-state index in [1.807, 2.05) is 18.2 Å². The van der Waals surface area contributed by atoms with E-state index in [1.54, 1.807) is 0 Å². The Morgan fingerprint density at radius 2 is 2.12 bits per heavy atom. The molecular formula is C12H18N2OSe. The van der Waals surface area contributed by atoms with E-state index < -0.39 is 13.8 Å². The molecule has 1 atom stereocenters. The Labute approximate surface area is 101 Å². The third kappa shape index (κ3) is 2.51. The van der Waals surface area contributed by atoms with E-state index >= 15 is 0 Å².